The van der Waals surface area contributed by atoms with Crippen molar-refractivity contribution in [1.82, 2.24) is 4.57 Å². The summed E-state index contributed by atoms with van der Waals surface area (Å²) in [5.41, 5.74) is 7.63. The number of carbonyl (C=O) groups is 1. The molecular formula is C15H18BrN3O4. The molecule has 23 heavy (non-hydrogen) atoms. The summed E-state index contributed by atoms with van der Waals surface area (Å²) < 4.78 is 2.46. The van der Waals surface area contributed by atoms with Gasteiger partial charge in [-0.2, -0.15) is 0 Å². The highest BCUT2D eigenvalue weighted by molar-refractivity contribution is 9.10. The molecule has 0 radical (unpaired) electrons. The molecule has 0 spiro atoms. The summed E-state index contributed by atoms with van der Waals surface area (Å²) >= 11 is 3.44. The Labute approximate surface area is 141 Å². The van der Waals surface area contributed by atoms with Gasteiger partial charge in [-0.05, 0) is 37.9 Å². The van der Waals surface area contributed by atoms with E-state index in [0.29, 0.717) is 21.8 Å². The Morgan fingerprint density at radius 2 is 2.17 bits per heavy atom. The van der Waals surface area contributed by atoms with Crippen molar-refractivity contribution >= 4 is 38.5 Å². The zero-order valence-corrected chi connectivity index (χ0v) is 14.5. The highest BCUT2D eigenvalue weighted by atomic mass is 79.9. The first-order valence-corrected chi connectivity index (χ1v) is 7.92. The molecule has 124 valence electrons. The molecule has 0 saturated heterocycles. The van der Waals surface area contributed by atoms with Crippen molar-refractivity contribution in [3.05, 3.63) is 38.0 Å². The third kappa shape index (κ3) is 3.09. The third-order valence-electron chi connectivity index (χ3n) is 4.19. The van der Waals surface area contributed by atoms with Crippen molar-refractivity contribution in [3.8, 4) is 0 Å². The lowest BCUT2D eigenvalue weighted by Crippen LogP contribution is -2.20. The third-order valence-corrected chi connectivity index (χ3v) is 4.86. The maximum Gasteiger partial charge on any atom is 0.306 e. The number of nitro groups is 1. The van der Waals surface area contributed by atoms with E-state index in [1.165, 1.54) is 6.07 Å². The molecule has 1 aromatic heterocycles. The van der Waals surface area contributed by atoms with Crippen molar-refractivity contribution in [3.63, 3.8) is 0 Å². The van der Waals surface area contributed by atoms with E-state index in [-0.39, 0.29) is 18.7 Å². The molecule has 0 amide bonds. The van der Waals surface area contributed by atoms with E-state index in [9.17, 15) is 20.0 Å². The van der Waals surface area contributed by atoms with Gasteiger partial charge in [0.05, 0.1) is 10.8 Å². The van der Waals surface area contributed by atoms with Crippen LogP contribution < -0.4 is 5.73 Å². The number of aliphatic carboxylic acids is 1. The summed E-state index contributed by atoms with van der Waals surface area (Å²) in [5.74, 6) is -1.52. The smallest absolute Gasteiger partial charge is 0.306 e. The quantitative estimate of drug-likeness (QED) is 0.588. The molecule has 0 fully saturated rings. The molecule has 1 unspecified atom stereocenters. The summed E-state index contributed by atoms with van der Waals surface area (Å²) in [6.07, 6.45) is 0.646. The van der Waals surface area contributed by atoms with E-state index in [1.54, 1.807) is 17.7 Å². The largest absolute Gasteiger partial charge is 0.481 e. The number of carboxylic acid groups (broad SMARTS) is 1. The van der Waals surface area contributed by atoms with Crippen LogP contribution in [0, 0.1) is 23.0 Å². The van der Waals surface area contributed by atoms with Gasteiger partial charge in [0, 0.05) is 28.7 Å². The minimum Gasteiger partial charge on any atom is -0.481 e. The fraction of sp³-hybridized carbons (Fsp3) is 0.400. The van der Waals surface area contributed by atoms with Crippen LogP contribution >= 0.6 is 15.9 Å². The standard InChI is InChI=1S/C15H18BrN3O4/c1-8-10(7-9(5-6-17)15(20)21)13-11(16)3-4-12(19(22)23)14(13)18(8)2/h3-4,9H,5-7,17H2,1-2H3,(H,20,21). The number of fused-ring (bicyclic) bond motifs is 1. The zero-order valence-electron chi connectivity index (χ0n) is 12.9. The van der Waals surface area contributed by atoms with Crippen LogP contribution in [0.4, 0.5) is 5.69 Å². The molecule has 1 atom stereocenters. The molecule has 2 rings (SSSR count). The number of rotatable bonds is 6. The van der Waals surface area contributed by atoms with Crippen molar-refractivity contribution in [1.29, 1.82) is 0 Å². The number of halogens is 1. The summed E-state index contributed by atoms with van der Waals surface area (Å²) in [5, 5.41) is 21.4. The van der Waals surface area contributed by atoms with Gasteiger partial charge in [0.15, 0.2) is 0 Å². The minimum absolute atomic E-state index is 0.00532. The number of hydrogen-bond acceptors (Lipinski definition) is 4. The molecule has 3 N–H and O–H groups in total. The second kappa shape index (κ2) is 6.67. The first-order chi connectivity index (χ1) is 10.8. The van der Waals surface area contributed by atoms with E-state index >= 15 is 0 Å². The van der Waals surface area contributed by atoms with Gasteiger partial charge < -0.3 is 15.4 Å². The Kier molecular flexibility index (Phi) is 5.06. The normalized spacial score (nSPS) is 12.5. The van der Waals surface area contributed by atoms with Gasteiger partial charge in [0.25, 0.3) is 5.69 Å². The van der Waals surface area contributed by atoms with E-state index < -0.39 is 16.8 Å². The summed E-state index contributed by atoms with van der Waals surface area (Å²) in [6, 6.07) is 3.08. The summed E-state index contributed by atoms with van der Waals surface area (Å²) in [4.78, 5) is 22.3. The number of hydrogen-bond donors (Lipinski definition) is 2. The van der Waals surface area contributed by atoms with Crippen LogP contribution in [0.15, 0.2) is 16.6 Å². The van der Waals surface area contributed by atoms with Gasteiger partial charge in [0.1, 0.15) is 5.52 Å². The number of benzene rings is 1. The van der Waals surface area contributed by atoms with E-state index in [4.69, 9.17) is 5.73 Å². The monoisotopic (exact) mass is 383 g/mol. The van der Waals surface area contributed by atoms with Crippen LogP contribution in [0.5, 0.6) is 0 Å². The lowest BCUT2D eigenvalue weighted by molar-refractivity contribution is -0.383. The van der Waals surface area contributed by atoms with Gasteiger partial charge in [-0.15, -0.1) is 0 Å². The molecule has 8 heteroatoms. The number of nitrogens with two attached hydrogens (primary N) is 1. The maximum absolute atomic E-state index is 11.4. The van der Waals surface area contributed by atoms with E-state index in [0.717, 1.165) is 11.3 Å². The van der Waals surface area contributed by atoms with E-state index in [2.05, 4.69) is 15.9 Å². The Morgan fingerprint density at radius 1 is 1.52 bits per heavy atom. The Hall–Kier alpha value is -1.93. The molecular weight excluding hydrogens is 366 g/mol. The van der Waals surface area contributed by atoms with Gasteiger partial charge in [0.2, 0.25) is 0 Å². The first kappa shape index (κ1) is 17.4. The summed E-state index contributed by atoms with van der Waals surface area (Å²) in [7, 11) is 1.75. The highest BCUT2D eigenvalue weighted by Crippen LogP contribution is 2.38. The molecule has 0 aliphatic rings. The lowest BCUT2D eigenvalue weighted by atomic mass is 9.94. The van der Waals surface area contributed by atoms with Crippen LogP contribution in [0.1, 0.15) is 17.7 Å². The lowest BCUT2D eigenvalue weighted by Gasteiger charge is -2.12. The highest BCUT2D eigenvalue weighted by Gasteiger charge is 2.26. The van der Waals surface area contributed by atoms with Crippen LogP contribution in [0.3, 0.4) is 0 Å². The van der Waals surface area contributed by atoms with E-state index in [1.807, 2.05) is 6.92 Å². The fourth-order valence-corrected chi connectivity index (χ4v) is 3.45. The van der Waals surface area contributed by atoms with Crippen molar-refractivity contribution in [2.45, 2.75) is 19.8 Å². The number of nitro benzene ring substituents is 1. The minimum atomic E-state index is -0.909. The molecule has 0 saturated carbocycles. The second-order valence-electron chi connectivity index (χ2n) is 5.49. The zero-order chi connectivity index (χ0) is 17.3. The Bertz CT molecular complexity index is 785. The second-order valence-corrected chi connectivity index (χ2v) is 6.34. The van der Waals surface area contributed by atoms with Crippen LogP contribution in [0.25, 0.3) is 10.9 Å². The fourth-order valence-electron chi connectivity index (χ4n) is 2.89. The Balaban J connectivity index is 2.70. The summed E-state index contributed by atoms with van der Waals surface area (Å²) in [6.45, 7) is 2.12. The molecule has 1 heterocycles. The Morgan fingerprint density at radius 3 is 2.70 bits per heavy atom. The first-order valence-electron chi connectivity index (χ1n) is 7.13. The van der Waals surface area contributed by atoms with Crippen LogP contribution in [0.2, 0.25) is 0 Å². The average Bonchev–Trinajstić information content (AvgIpc) is 2.73. The number of nitrogens with zero attached hydrogens (tertiary/aromatic N) is 2. The molecule has 1 aromatic carbocycles. The number of aromatic nitrogens is 1. The average molecular weight is 384 g/mol. The molecule has 0 aliphatic heterocycles. The number of non-ortho nitro benzene ring substituents is 1. The van der Waals surface area contributed by atoms with Crippen LogP contribution in [-0.4, -0.2) is 27.1 Å². The van der Waals surface area contributed by atoms with Crippen LogP contribution in [-0.2, 0) is 18.3 Å². The predicted octanol–water partition coefficient (Wildman–Crippen LogP) is 2.75. The van der Waals surface area contributed by atoms with Crippen molar-refractivity contribution in [2.24, 2.45) is 18.7 Å². The maximum atomic E-state index is 11.4. The number of carboxylic acids is 1. The molecule has 0 aliphatic carbocycles. The molecule has 2 aromatic rings. The van der Waals surface area contributed by atoms with Crippen molar-refractivity contribution < 1.29 is 14.8 Å². The van der Waals surface area contributed by atoms with Gasteiger partial charge >= 0.3 is 5.97 Å². The van der Waals surface area contributed by atoms with Gasteiger partial charge in [-0.3, -0.25) is 14.9 Å². The molecule has 7 nitrogen and oxygen atoms in total. The molecule has 0 bridgehead atoms. The SMILES string of the molecule is Cc1c(CC(CCN)C(=O)O)c2c(Br)ccc([N+](=O)[O-])c2n1C. The van der Waals surface area contributed by atoms with Gasteiger partial charge in [-0.25, -0.2) is 0 Å². The number of aryl methyl sites for hydroxylation is 1. The van der Waals surface area contributed by atoms with Crippen molar-refractivity contribution in [2.75, 3.05) is 6.54 Å². The predicted molar refractivity (Wildman–Crippen MR) is 90.5 cm³/mol. The van der Waals surface area contributed by atoms with Gasteiger partial charge in [-0.1, -0.05) is 15.9 Å². The topological polar surface area (TPSA) is 111 Å².